The number of aryl methyl sites for hydroxylation is 1. The summed E-state index contributed by atoms with van der Waals surface area (Å²) in [6.45, 7) is 4.02. The highest BCUT2D eigenvalue weighted by molar-refractivity contribution is 7.99. The zero-order chi connectivity index (χ0) is 21.8. The van der Waals surface area contributed by atoms with E-state index in [1.165, 1.54) is 15.4 Å². The predicted octanol–water partition coefficient (Wildman–Crippen LogP) is 6.28. The lowest BCUT2D eigenvalue weighted by Gasteiger charge is -2.18. The maximum absolute atomic E-state index is 5.47. The van der Waals surface area contributed by atoms with Crippen molar-refractivity contribution in [2.75, 3.05) is 19.5 Å². The summed E-state index contributed by atoms with van der Waals surface area (Å²) < 4.78 is 10.9. The Kier molecular flexibility index (Phi) is 6.28. The molecule has 0 saturated heterocycles. The Balaban J connectivity index is 1.58. The Bertz CT molecular complexity index is 1180. The normalized spacial score (nSPS) is 11.9. The molecule has 1 atom stereocenters. The second-order valence-electron chi connectivity index (χ2n) is 7.19. The minimum Gasteiger partial charge on any atom is -0.493 e. The van der Waals surface area contributed by atoms with Crippen molar-refractivity contribution in [3.63, 3.8) is 0 Å². The summed E-state index contributed by atoms with van der Waals surface area (Å²) in [4.78, 5) is 11.7. The van der Waals surface area contributed by atoms with Crippen molar-refractivity contribution >= 4 is 28.5 Å². The highest BCUT2D eigenvalue weighted by Crippen LogP contribution is 2.35. The summed E-state index contributed by atoms with van der Waals surface area (Å²) >= 11 is 1.76. The summed E-state index contributed by atoms with van der Waals surface area (Å²) in [7, 11) is 3.25. The molecule has 5 nitrogen and oxygen atoms in total. The molecule has 0 aliphatic carbocycles. The summed E-state index contributed by atoms with van der Waals surface area (Å²) in [5.74, 6) is 2.78. The smallest absolute Gasteiger partial charge is 0.162 e. The van der Waals surface area contributed by atoms with E-state index in [1.807, 2.05) is 25.1 Å². The maximum Gasteiger partial charge on any atom is 0.162 e. The van der Waals surface area contributed by atoms with E-state index in [1.54, 1.807) is 26.0 Å². The average molecular weight is 432 g/mol. The quantitative estimate of drug-likeness (QED) is 0.372. The SMILES string of the molecule is COc1cc2nc(C)nc(NC(C)c3ccc(Sc4ccccc4)cc3)c2cc1OC. The Morgan fingerprint density at radius 3 is 2.16 bits per heavy atom. The third kappa shape index (κ3) is 4.75. The van der Waals surface area contributed by atoms with Gasteiger partial charge >= 0.3 is 0 Å². The third-order valence-electron chi connectivity index (χ3n) is 5.03. The van der Waals surface area contributed by atoms with E-state index >= 15 is 0 Å². The molecule has 0 bridgehead atoms. The number of benzene rings is 3. The van der Waals surface area contributed by atoms with Gasteiger partial charge in [-0.2, -0.15) is 0 Å². The molecule has 0 amide bonds. The van der Waals surface area contributed by atoms with E-state index in [9.17, 15) is 0 Å². The zero-order valence-corrected chi connectivity index (χ0v) is 18.9. The number of methoxy groups -OCH3 is 2. The molecular weight excluding hydrogens is 406 g/mol. The van der Waals surface area contributed by atoms with Gasteiger partial charge in [-0.25, -0.2) is 9.97 Å². The van der Waals surface area contributed by atoms with Gasteiger partial charge in [0.25, 0.3) is 0 Å². The maximum atomic E-state index is 5.47. The highest BCUT2D eigenvalue weighted by Gasteiger charge is 2.14. The molecule has 0 spiro atoms. The molecule has 31 heavy (non-hydrogen) atoms. The van der Waals surface area contributed by atoms with Gasteiger partial charge in [-0.15, -0.1) is 0 Å². The molecular formula is C25H25N3O2S. The first kappa shape index (κ1) is 21.0. The van der Waals surface area contributed by atoms with Crippen LogP contribution in [0.25, 0.3) is 10.9 Å². The number of nitrogens with one attached hydrogen (secondary N) is 1. The molecule has 1 N–H and O–H groups in total. The summed E-state index contributed by atoms with van der Waals surface area (Å²) in [5, 5.41) is 4.44. The lowest BCUT2D eigenvalue weighted by Crippen LogP contribution is -2.09. The van der Waals surface area contributed by atoms with Crippen molar-refractivity contribution in [3.8, 4) is 11.5 Å². The Morgan fingerprint density at radius 2 is 1.48 bits per heavy atom. The topological polar surface area (TPSA) is 56.3 Å². The second kappa shape index (κ2) is 9.27. The molecule has 0 saturated carbocycles. The molecule has 6 heteroatoms. The molecule has 0 fully saturated rings. The number of hydrogen-bond acceptors (Lipinski definition) is 6. The number of rotatable bonds is 7. The number of nitrogens with zero attached hydrogens (tertiary/aromatic N) is 2. The van der Waals surface area contributed by atoms with Gasteiger partial charge in [0.2, 0.25) is 0 Å². The number of hydrogen-bond donors (Lipinski definition) is 1. The monoisotopic (exact) mass is 431 g/mol. The largest absolute Gasteiger partial charge is 0.493 e. The second-order valence-corrected chi connectivity index (χ2v) is 8.34. The number of anilines is 1. The Labute approximate surface area is 186 Å². The lowest BCUT2D eigenvalue weighted by molar-refractivity contribution is 0.356. The summed E-state index contributed by atoms with van der Waals surface area (Å²) in [5.41, 5.74) is 2.00. The van der Waals surface area contributed by atoms with E-state index in [2.05, 4.69) is 70.7 Å². The van der Waals surface area contributed by atoms with Gasteiger partial charge in [-0.05, 0) is 49.7 Å². The molecule has 0 aliphatic heterocycles. The van der Waals surface area contributed by atoms with Crippen LogP contribution in [0, 0.1) is 6.92 Å². The number of fused-ring (bicyclic) bond motifs is 1. The molecule has 0 aliphatic rings. The molecule has 3 aromatic carbocycles. The minimum absolute atomic E-state index is 0.0707. The fraction of sp³-hybridized carbons (Fsp3) is 0.200. The highest BCUT2D eigenvalue weighted by atomic mass is 32.2. The van der Waals surface area contributed by atoms with Crippen LogP contribution in [0.2, 0.25) is 0 Å². The van der Waals surface area contributed by atoms with E-state index in [4.69, 9.17) is 9.47 Å². The fourth-order valence-electron chi connectivity index (χ4n) is 3.42. The van der Waals surface area contributed by atoms with E-state index in [0.29, 0.717) is 17.3 Å². The standard InChI is InChI=1S/C25H25N3O2S/c1-16(18-10-12-20(13-11-18)31-19-8-6-5-7-9-19)26-25-21-14-23(29-3)24(30-4)15-22(21)27-17(2)28-25/h5-16H,1-4H3,(H,26,27,28). The van der Waals surface area contributed by atoms with Crippen LogP contribution in [0.4, 0.5) is 5.82 Å². The Morgan fingerprint density at radius 1 is 0.839 bits per heavy atom. The summed E-state index contributed by atoms with van der Waals surface area (Å²) in [6, 6.07) is 22.9. The van der Waals surface area contributed by atoms with E-state index in [0.717, 1.165) is 16.7 Å². The van der Waals surface area contributed by atoms with Crippen molar-refractivity contribution in [3.05, 3.63) is 78.1 Å². The summed E-state index contributed by atoms with van der Waals surface area (Å²) in [6.07, 6.45) is 0. The van der Waals surface area contributed by atoms with Crippen molar-refractivity contribution in [2.24, 2.45) is 0 Å². The van der Waals surface area contributed by atoms with E-state index in [-0.39, 0.29) is 6.04 Å². The lowest BCUT2D eigenvalue weighted by atomic mass is 10.1. The van der Waals surface area contributed by atoms with Crippen LogP contribution in [0.1, 0.15) is 24.4 Å². The third-order valence-corrected chi connectivity index (χ3v) is 6.04. The zero-order valence-electron chi connectivity index (χ0n) is 18.0. The molecule has 1 heterocycles. The fourth-order valence-corrected chi connectivity index (χ4v) is 4.26. The van der Waals surface area contributed by atoms with Crippen LogP contribution in [-0.2, 0) is 0 Å². The molecule has 4 aromatic rings. The first-order valence-corrected chi connectivity index (χ1v) is 10.9. The van der Waals surface area contributed by atoms with Crippen LogP contribution in [0.5, 0.6) is 11.5 Å². The van der Waals surface area contributed by atoms with Crippen molar-refractivity contribution in [1.82, 2.24) is 9.97 Å². The van der Waals surface area contributed by atoms with Crippen molar-refractivity contribution in [2.45, 2.75) is 29.7 Å². The minimum atomic E-state index is 0.0707. The Hall–Kier alpha value is -3.25. The van der Waals surface area contributed by atoms with Crippen LogP contribution >= 0.6 is 11.8 Å². The van der Waals surface area contributed by atoms with Gasteiger partial charge in [0.15, 0.2) is 11.5 Å². The van der Waals surface area contributed by atoms with Crippen LogP contribution in [-0.4, -0.2) is 24.2 Å². The molecule has 4 rings (SSSR count). The predicted molar refractivity (Wildman–Crippen MR) is 126 cm³/mol. The van der Waals surface area contributed by atoms with Gasteiger partial charge in [-0.3, -0.25) is 0 Å². The van der Waals surface area contributed by atoms with Gasteiger partial charge in [0, 0.05) is 27.3 Å². The van der Waals surface area contributed by atoms with Gasteiger partial charge in [0.05, 0.1) is 19.7 Å². The van der Waals surface area contributed by atoms with Gasteiger partial charge in [-0.1, -0.05) is 42.1 Å². The molecule has 1 unspecified atom stereocenters. The molecule has 158 valence electrons. The van der Waals surface area contributed by atoms with Gasteiger partial charge < -0.3 is 14.8 Å². The number of ether oxygens (including phenoxy) is 2. The van der Waals surface area contributed by atoms with Crippen molar-refractivity contribution in [1.29, 1.82) is 0 Å². The average Bonchev–Trinajstić information content (AvgIpc) is 2.79. The molecule has 1 aromatic heterocycles. The van der Waals surface area contributed by atoms with Crippen LogP contribution in [0.15, 0.2) is 76.5 Å². The first-order chi connectivity index (χ1) is 15.1. The number of aromatic nitrogens is 2. The first-order valence-electron chi connectivity index (χ1n) is 10.1. The molecule has 0 radical (unpaired) electrons. The van der Waals surface area contributed by atoms with Crippen LogP contribution in [0.3, 0.4) is 0 Å². The van der Waals surface area contributed by atoms with Crippen molar-refractivity contribution < 1.29 is 9.47 Å². The van der Waals surface area contributed by atoms with E-state index < -0.39 is 0 Å². The van der Waals surface area contributed by atoms with Crippen LogP contribution < -0.4 is 14.8 Å². The van der Waals surface area contributed by atoms with Gasteiger partial charge in [0.1, 0.15) is 11.6 Å².